The molecule has 8 nitrogen and oxygen atoms in total. The molecule has 0 spiro atoms. The molecule has 0 saturated carbocycles. The number of carbonyl (C=O) groups is 1. The molecule has 1 fully saturated rings. The summed E-state index contributed by atoms with van der Waals surface area (Å²) in [6.07, 6.45) is 4.15. The smallest absolute Gasteiger partial charge is 0.321 e. The summed E-state index contributed by atoms with van der Waals surface area (Å²) in [6, 6.07) is 6.13. The van der Waals surface area contributed by atoms with Gasteiger partial charge in [-0.05, 0) is 83.6 Å². The normalized spacial score (nSPS) is 24.4. The number of nitrogens with one attached hydrogen (secondary N) is 6. The van der Waals surface area contributed by atoms with E-state index in [0.29, 0.717) is 6.04 Å². The molecule has 6 N–H and O–H groups in total. The molecule has 2 aliphatic rings. The second-order valence-corrected chi connectivity index (χ2v) is 8.07. The Hall–Kier alpha value is -1.87. The van der Waals surface area contributed by atoms with Gasteiger partial charge in [0.05, 0.1) is 6.17 Å². The molecule has 0 aliphatic carbocycles. The van der Waals surface area contributed by atoms with Crippen LogP contribution in [0.4, 0.5) is 16.2 Å². The van der Waals surface area contributed by atoms with Gasteiger partial charge in [0.25, 0.3) is 0 Å². The quantitative estimate of drug-likeness (QED) is 0.394. The van der Waals surface area contributed by atoms with Gasteiger partial charge in [0.15, 0.2) is 0 Å². The van der Waals surface area contributed by atoms with Crippen LogP contribution in [0.2, 0.25) is 0 Å². The summed E-state index contributed by atoms with van der Waals surface area (Å²) in [5.41, 5.74) is 3.25. The molecule has 28 heavy (non-hydrogen) atoms. The lowest BCUT2D eigenvalue weighted by atomic mass is 10.0. The molecule has 1 saturated heterocycles. The zero-order valence-corrected chi connectivity index (χ0v) is 17.3. The molecule has 1 aromatic rings. The summed E-state index contributed by atoms with van der Waals surface area (Å²) < 4.78 is 0. The van der Waals surface area contributed by atoms with Crippen LogP contribution >= 0.6 is 0 Å². The summed E-state index contributed by atoms with van der Waals surface area (Å²) in [4.78, 5) is 14.6. The monoisotopic (exact) mass is 389 g/mol. The predicted octanol–water partition coefficient (Wildman–Crippen LogP) is 1.29. The molecule has 2 aliphatic heterocycles. The van der Waals surface area contributed by atoms with Gasteiger partial charge in [-0.25, -0.2) is 4.79 Å². The molecule has 2 amide bonds. The van der Waals surface area contributed by atoms with Crippen LogP contribution in [0.15, 0.2) is 18.2 Å². The zero-order chi connectivity index (χ0) is 19.9. The molecule has 2 heterocycles. The van der Waals surface area contributed by atoms with Crippen LogP contribution < -0.4 is 31.9 Å². The van der Waals surface area contributed by atoms with Crippen LogP contribution in [0.25, 0.3) is 0 Å². The molecular weight excluding hydrogens is 354 g/mol. The molecule has 3 unspecified atom stereocenters. The lowest BCUT2D eigenvalue weighted by Gasteiger charge is -2.37. The van der Waals surface area contributed by atoms with Crippen molar-refractivity contribution in [2.75, 3.05) is 44.4 Å². The fourth-order valence-electron chi connectivity index (χ4n) is 3.77. The van der Waals surface area contributed by atoms with Crippen molar-refractivity contribution in [2.45, 2.75) is 51.1 Å². The first-order valence-corrected chi connectivity index (χ1v) is 10.3. The van der Waals surface area contributed by atoms with E-state index in [1.54, 1.807) is 0 Å². The highest BCUT2D eigenvalue weighted by Crippen LogP contribution is 2.25. The lowest BCUT2D eigenvalue weighted by molar-refractivity contribution is 0.192. The number of anilines is 2. The first kappa shape index (κ1) is 20.9. The highest BCUT2D eigenvalue weighted by Gasteiger charge is 2.25. The number of urea groups is 1. The van der Waals surface area contributed by atoms with E-state index in [1.807, 2.05) is 12.1 Å². The summed E-state index contributed by atoms with van der Waals surface area (Å²) in [5.74, 6) is 0. The van der Waals surface area contributed by atoms with Crippen LogP contribution in [0, 0.1) is 0 Å². The Kier molecular flexibility index (Phi) is 7.50. The number of fused-ring (bicyclic) bond motifs is 1. The number of hydrogen-bond donors (Lipinski definition) is 6. The third kappa shape index (κ3) is 6.34. The SMILES string of the molecule is CC1CC(NCCCN(C)C)NC(NC(=O)Nc2ccc3c(c2)CCCN3)N1. The number of hydrogen-bond acceptors (Lipinski definition) is 6. The van der Waals surface area contributed by atoms with Crippen molar-refractivity contribution in [1.82, 2.24) is 26.2 Å². The molecule has 3 rings (SSSR count). The van der Waals surface area contributed by atoms with E-state index in [4.69, 9.17) is 0 Å². The van der Waals surface area contributed by atoms with Gasteiger partial charge in [-0.1, -0.05) is 0 Å². The number of benzene rings is 1. The van der Waals surface area contributed by atoms with E-state index in [2.05, 4.69) is 63.9 Å². The number of aryl methyl sites for hydroxylation is 1. The zero-order valence-electron chi connectivity index (χ0n) is 17.3. The number of nitrogens with zero attached hydrogens (tertiary/aromatic N) is 1. The maximum Gasteiger partial charge on any atom is 0.321 e. The van der Waals surface area contributed by atoms with E-state index in [1.165, 1.54) is 11.3 Å². The van der Waals surface area contributed by atoms with Gasteiger partial charge >= 0.3 is 6.03 Å². The number of amides is 2. The predicted molar refractivity (Wildman–Crippen MR) is 115 cm³/mol. The molecule has 0 aromatic heterocycles. The van der Waals surface area contributed by atoms with Crippen molar-refractivity contribution in [3.63, 3.8) is 0 Å². The molecule has 156 valence electrons. The van der Waals surface area contributed by atoms with Gasteiger partial charge in [0.1, 0.15) is 6.29 Å². The van der Waals surface area contributed by atoms with Gasteiger partial charge in [-0.3, -0.25) is 10.6 Å². The average Bonchev–Trinajstić information content (AvgIpc) is 2.64. The summed E-state index contributed by atoms with van der Waals surface area (Å²) >= 11 is 0. The molecule has 0 radical (unpaired) electrons. The lowest BCUT2D eigenvalue weighted by Crippen LogP contribution is -2.67. The topological polar surface area (TPSA) is 92.5 Å². The van der Waals surface area contributed by atoms with Crippen LogP contribution in [-0.4, -0.2) is 63.2 Å². The third-order valence-electron chi connectivity index (χ3n) is 5.16. The number of rotatable bonds is 7. The summed E-state index contributed by atoms with van der Waals surface area (Å²) in [5, 5.41) is 19.7. The van der Waals surface area contributed by atoms with Crippen LogP contribution in [0.5, 0.6) is 0 Å². The first-order valence-electron chi connectivity index (χ1n) is 10.3. The fourth-order valence-corrected chi connectivity index (χ4v) is 3.77. The van der Waals surface area contributed by atoms with E-state index in [9.17, 15) is 4.79 Å². The first-order chi connectivity index (χ1) is 13.5. The van der Waals surface area contributed by atoms with Crippen molar-refractivity contribution in [1.29, 1.82) is 0 Å². The standard InChI is InChI=1S/C20H35N7O/c1-14-12-18(22-10-5-11-27(2)3)25-19(23-14)26-20(28)24-16-7-8-17-15(13-16)6-4-9-21-17/h7-8,13-14,18-19,21-23,25H,4-6,9-12H2,1-3H3,(H2,24,26,28). The summed E-state index contributed by atoms with van der Waals surface area (Å²) in [6.45, 7) is 5.17. The van der Waals surface area contributed by atoms with E-state index >= 15 is 0 Å². The van der Waals surface area contributed by atoms with E-state index in [0.717, 1.165) is 51.0 Å². The molecule has 0 bridgehead atoms. The third-order valence-corrected chi connectivity index (χ3v) is 5.16. The highest BCUT2D eigenvalue weighted by atomic mass is 16.2. The van der Waals surface area contributed by atoms with Gasteiger partial charge in [-0.15, -0.1) is 0 Å². The highest BCUT2D eigenvalue weighted by molar-refractivity contribution is 5.89. The van der Waals surface area contributed by atoms with Gasteiger partial charge in [0, 0.05) is 24.0 Å². The van der Waals surface area contributed by atoms with Crippen molar-refractivity contribution in [2.24, 2.45) is 0 Å². The minimum atomic E-state index is -0.269. The average molecular weight is 390 g/mol. The van der Waals surface area contributed by atoms with Crippen molar-refractivity contribution < 1.29 is 4.79 Å². The Morgan fingerprint density at radius 1 is 1.29 bits per heavy atom. The molecule has 8 heteroatoms. The fraction of sp³-hybridized carbons (Fsp3) is 0.650. The minimum Gasteiger partial charge on any atom is -0.385 e. The maximum atomic E-state index is 12.5. The van der Waals surface area contributed by atoms with Crippen molar-refractivity contribution in [3.8, 4) is 0 Å². The van der Waals surface area contributed by atoms with Crippen molar-refractivity contribution >= 4 is 17.4 Å². The Morgan fingerprint density at radius 3 is 2.96 bits per heavy atom. The maximum absolute atomic E-state index is 12.5. The van der Waals surface area contributed by atoms with Gasteiger partial charge in [0.2, 0.25) is 0 Å². The van der Waals surface area contributed by atoms with E-state index in [-0.39, 0.29) is 18.5 Å². The molecular formula is C20H35N7O. The second-order valence-electron chi connectivity index (χ2n) is 8.07. The largest absolute Gasteiger partial charge is 0.385 e. The number of carbonyl (C=O) groups excluding carboxylic acids is 1. The Bertz CT molecular complexity index is 651. The summed E-state index contributed by atoms with van der Waals surface area (Å²) in [7, 11) is 4.17. The van der Waals surface area contributed by atoms with Crippen molar-refractivity contribution in [3.05, 3.63) is 23.8 Å². The van der Waals surface area contributed by atoms with Gasteiger partial charge in [-0.2, -0.15) is 0 Å². The van der Waals surface area contributed by atoms with Crippen LogP contribution in [0.3, 0.4) is 0 Å². The van der Waals surface area contributed by atoms with E-state index < -0.39 is 0 Å². The Morgan fingerprint density at radius 2 is 2.14 bits per heavy atom. The molecule has 1 aromatic carbocycles. The Balaban J connectivity index is 1.46. The Labute approximate surface area is 168 Å². The van der Waals surface area contributed by atoms with Crippen LogP contribution in [-0.2, 0) is 6.42 Å². The van der Waals surface area contributed by atoms with Gasteiger partial charge < -0.3 is 26.2 Å². The van der Waals surface area contributed by atoms with Crippen LogP contribution in [0.1, 0.15) is 31.7 Å². The minimum absolute atomic E-state index is 0.179. The molecule has 3 atom stereocenters. The second kappa shape index (κ2) is 10.1.